The van der Waals surface area contributed by atoms with E-state index < -0.39 is 0 Å². The summed E-state index contributed by atoms with van der Waals surface area (Å²) in [7, 11) is 0. The van der Waals surface area contributed by atoms with Crippen molar-refractivity contribution in [3.63, 3.8) is 0 Å². The fraction of sp³-hybridized carbons (Fsp3) is 0.682. The molecule has 5 unspecified atom stereocenters. The summed E-state index contributed by atoms with van der Waals surface area (Å²) in [6.07, 6.45) is 18.0. The molecule has 2 heterocycles. The number of rotatable bonds is 21. The summed E-state index contributed by atoms with van der Waals surface area (Å²) in [5.74, 6) is 4.29. The van der Waals surface area contributed by atoms with Gasteiger partial charge < -0.3 is 45.8 Å². The zero-order valence-corrected chi connectivity index (χ0v) is 32.6. The minimum Gasteiger partial charge on any atom is -0.504 e. The first-order valence-electron chi connectivity index (χ1n) is 21.0. The molecule has 2 fully saturated rings. The summed E-state index contributed by atoms with van der Waals surface area (Å²) in [5.41, 5.74) is 12.0. The molecule has 8 N–H and O–H groups in total. The number of phenolic OH excluding ortho intramolecular Hbond substituents is 1. The Bertz CT molecular complexity index is 1560. The first kappa shape index (κ1) is 39.9. The van der Waals surface area contributed by atoms with Crippen LogP contribution in [0.25, 0.3) is 0 Å². The van der Waals surface area contributed by atoms with E-state index in [0.29, 0.717) is 42.6 Å². The average molecular weight is 733 g/mol. The summed E-state index contributed by atoms with van der Waals surface area (Å²) in [6, 6.07) is 9.99. The number of aromatic hydroxyl groups is 1. The number of aromatic nitrogens is 1. The number of furan rings is 1. The Morgan fingerprint density at radius 2 is 1.83 bits per heavy atom. The maximum atomic E-state index is 10.9. The van der Waals surface area contributed by atoms with E-state index in [0.717, 1.165) is 92.4 Å². The minimum atomic E-state index is -0.360. The monoisotopic (exact) mass is 733 g/mol. The Morgan fingerprint density at radius 3 is 2.60 bits per heavy atom. The van der Waals surface area contributed by atoms with Crippen LogP contribution < -0.4 is 21.1 Å². The number of aliphatic hydroxyl groups excluding tert-OH is 2. The van der Waals surface area contributed by atoms with E-state index in [9.17, 15) is 15.3 Å². The number of phenols is 1. The maximum absolute atomic E-state index is 10.9. The van der Waals surface area contributed by atoms with Crippen molar-refractivity contribution in [3.05, 3.63) is 69.9 Å². The van der Waals surface area contributed by atoms with Crippen molar-refractivity contribution >= 4 is 0 Å². The van der Waals surface area contributed by atoms with Crippen LogP contribution in [0.3, 0.4) is 0 Å². The topological polar surface area (TPSA) is 149 Å². The van der Waals surface area contributed by atoms with E-state index >= 15 is 0 Å². The Labute approximate surface area is 317 Å². The van der Waals surface area contributed by atoms with Crippen molar-refractivity contribution in [2.24, 2.45) is 23.0 Å². The third kappa shape index (κ3) is 9.90. The van der Waals surface area contributed by atoms with Gasteiger partial charge in [-0.1, -0.05) is 51.5 Å². The number of hydrogen-bond acceptors (Lipinski definition) is 8. The average Bonchev–Trinajstić information content (AvgIpc) is 3.97. The maximum Gasteiger partial charge on any atom is 0.161 e. The first-order valence-corrected chi connectivity index (χ1v) is 21.0. The van der Waals surface area contributed by atoms with Crippen LogP contribution in [0.5, 0.6) is 11.5 Å². The molecule has 1 aromatic carbocycles. The molecule has 294 valence electrons. The minimum absolute atomic E-state index is 0.0114. The normalized spacial score (nSPS) is 21.8. The predicted octanol–water partition coefficient (Wildman–Crippen LogP) is 7.36. The van der Waals surface area contributed by atoms with Gasteiger partial charge in [0.25, 0.3) is 0 Å². The van der Waals surface area contributed by atoms with Gasteiger partial charge in [0, 0.05) is 48.8 Å². The van der Waals surface area contributed by atoms with E-state index in [4.69, 9.17) is 14.9 Å². The predicted molar refractivity (Wildman–Crippen MR) is 211 cm³/mol. The lowest BCUT2D eigenvalue weighted by Gasteiger charge is -2.39. The van der Waals surface area contributed by atoms with Gasteiger partial charge in [-0.25, -0.2) is 0 Å². The quantitative estimate of drug-likeness (QED) is 0.0562. The van der Waals surface area contributed by atoms with E-state index in [1.807, 2.05) is 25.1 Å². The lowest BCUT2D eigenvalue weighted by Crippen LogP contribution is -2.36. The molecule has 9 nitrogen and oxygen atoms in total. The number of aromatic amines is 1. The number of aliphatic hydroxyl groups is 2. The highest BCUT2D eigenvalue weighted by Crippen LogP contribution is 2.60. The second kappa shape index (κ2) is 19.2. The van der Waals surface area contributed by atoms with Crippen LogP contribution in [0.15, 0.2) is 34.7 Å². The summed E-state index contributed by atoms with van der Waals surface area (Å²) in [5, 5.41) is 38.1. The van der Waals surface area contributed by atoms with Gasteiger partial charge in [-0.05, 0) is 124 Å². The molecule has 0 saturated heterocycles. The van der Waals surface area contributed by atoms with Crippen molar-refractivity contribution in [3.8, 4) is 11.5 Å². The molecule has 0 amide bonds. The van der Waals surface area contributed by atoms with Gasteiger partial charge in [0.2, 0.25) is 0 Å². The highest BCUT2D eigenvalue weighted by atomic mass is 16.5. The lowest BCUT2D eigenvalue weighted by atomic mass is 9.66. The van der Waals surface area contributed by atoms with E-state index in [1.165, 1.54) is 69.0 Å². The van der Waals surface area contributed by atoms with Crippen LogP contribution in [0, 0.1) is 17.3 Å². The van der Waals surface area contributed by atoms with Crippen molar-refractivity contribution in [1.29, 1.82) is 0 Å². The number of likely N-dealkylation sites (N-methyl/N-ethyl adjacent to an activating group) is 1. The second-order valence-electron chi connectivity index (χ2n) is 16.6. The first-order chi connectivity index (χ1) is 25.8. The SMILES string of the molecule is CCNC(COc1cc(CCc2cc(CO)c(CCCCCCCN)o2)ccc1O)c1cc2c([nH]1)CC1(CCCC1)C1CCCC1C2CNCC(C)O. The molecule has 0 aliphatic heterocycles. The molecule has 53 heavy (non-hydrogen) atoms. The van der Waals surface area contributed by atoms with Crippen LogP contribution in [-0.4, -0.2) is 59.2 Å². The molecule has 0 radical (unpaired) electrons. The number of nitrogens with one attached hydrogen (secondary N) is 3. The second-order valence-corrected chi connectivity index (χ2v) is 16.6. The van der Waals surface area contributed by atoms with Gasteiger partial charge in [0.15, 0.2) is 11.5 Å². The molecule has 6 rings (SSSR count). The van der Waals surface area contributed by atoms with Crippen molar-refractivity contribution < 1.29 is 24.5 Å². The highest BCUT2D eigenvalue weighted by molar-refractivity contribution is 5.42. The molecule has 3 aliphatic rings. The molecule has 2 saturated carbocycles. The molecule has 1 spiro atoms. The van der Waals surface area contributed by atoms with Gasteiger partial charge >= 0.3 is 0 Å². The molecule has 9 heteroatoms. The molecular weight excluding hydrogens is 665 g/mol. The number of H-pyrrole nitrogens is 1. The summed E-state index contributed by atoms with van der Waals surface area (Å²) < 4.78 is 12.6. The van der Waals surface area contributed by atoms with Crippen molar-refractivity contribution in [1.82, 2.24) is 15.6 Å². The summed E-state index contributed by atoms with van der Waals surface area (Å²) in [6.45, 7) is 7.43. The molecule has 0 bridgehead atoms. The number of hydrogen-bond donors (Lipinski definition) is 7. The third-order valence-electron chi connectivity index (χ3n) is 12.8. The Hall–Kier alpha value is -2.82. The van der Waals surface area contributed by atoms with Gasteiger partial charge in [-0.2, -0.15) is 0 Å². The summed E-state index contributed by atoms with van der Waals surface area (Å²) in [4.78, 5) is 3.95. The third-order valence-corrected chi connectivity index (χ3v) is 12.8. The zero-order chi connectivity index (χ0) is 37.2. The van der Waals surface area contributed by atoms with Gasteiger partial charge in [-0.15, -0.1) is 0 Å². The molecule has 3 aliphatic carbocycles. The number of unbranched alkanes of at least 4 members (excludes halogenated alkanes) is 4. The molecule has 3 aromatic rings. The van der Waals surface area contributed by atoms with E-state index in [-0.39, 0.29) is 24.5 Å². The Balaban J connectivity index is 1.13. The van der Waals surface area contributed by atoms with Gasteiger partial charge in [0.05, 0.1) is 18.8 Å². The number of nitrogens with two attached hydrogens (primary N) is 1. The smallest absolute Gasteiger partial charge is 0.161 e. The fourth-order valence-corrected chi connectivity index (χ4v) is 10.2. The Kier molecular flexibility index (Phi) is 14.4. The van der Waals surface area contributed by atoms with Crippen LogP contribution >= 0.6 is 0 Å². The van der Waals surface area contributed by atoms with Crippen LogP contribution in [0.4, 0.5) is 0 Å². The number of ether oxygens (including phenoxy) is 1. The van der Waals surface area contributed by atoms with Gasteiger partial charge in [0.1, 0.15) is 18.1 Å². The van der Waals surface area contributed by atoms with E-state index in [2.05, 4.69) is 28.6 Å². The molecular formula is C44H68N4O5. The Morgan fingerprint density at radius 1 is 1.02 bits per heavy atom. The van der Waals surface area contributed by atoms with Crippen LogP contribution in [0.1, 0.15) is 142 Å². The van der Waals surface area contributed by atoms with E-state index in [1.54, 1.807) is 6.07 Å². The fourth-order valence-electron chi connectivity index (χ4n) is 10.2. The largest absolute Gasteiger partial charge is 0.504 e. The van der Waals surface area contributed by atoms with Crippen LogP contribution in [0.2, 0.25) is 0 Å². The lowest BCUT2D eigenvalue weighted by molar-refractivity contribution is 0.116. The highest BCUT2D eigenvalue weighted by Gasteiger charge is 2.51. The van der Waals surface area contributed by atoms with Crippen molar-refractivity contribution in [2.45, 2.75) is 141 Å². The van der Waals surface area contributed by atoms with Crippen LogP contribution in [-0.2, 0) is 32.3 Å². The molecule has 5 atom stereocenters. The summed E-state index contributed by atoms with van der Waals surface area (Å²) >= 11 is 0. The number of fused-ring (bicyclic) bond motifs is 3. The number of benzene rings is 1. The zero-order valence-electron chi connectivity index (χ0n) is 32.6. The standard InChI is InChI=1S/C44H68N4O5/c1-3-47-40(38-24-35-36(27-46-26-30(2)50)34-12-11-13-37(34)44(19-8-9-20-44)25-39(35)48-38)29-52-43-22-31(16-18-41(43)51)15-17-33-23-32(28-49)42(53-33)14-7-5-4-6-10-21-45/h16,18,22-24,30,34,36-37,40,46-51H,3-15,17,19-21,25-29,45H2,1-2H3. The van der Waals surface area contributed by atoms with Gasteiger partial charge in [-0.3, -0.25) is 0 Å². The molecule has 2 aromatic heterocycles. The van der Waals surface area contributed by atoms with Crippen molar-refractivity contribution in [2.75, 3.05) is 32.8 Å². The number of aryl methyl sites for hydroxylation is 3.